The zero-order valence-corrected chi connectivity index (χ0v) is 11.6. The number of carbonyl (C=O) groups is 2. The molecular formula is C15H23NO2. The SMILES string of the molecule is CC(C)(C)C1CCC(/C=C2/CC(=O)NC2=O)CC1. The zero-order chi connectivity index (χ0) is 13.3. The molecule has 0 bridgehead atoms. The minimum atomic E-state index is -0.182. The van der Waals surface area contributed by atoms with Crippen molar-refractivity contribution in [2.75, 3.05) is 0 Å². The van der Waals surface area contributed by atoms with Gasteiger partial charge in [-0.2, -0.15) is 0 Å². The van der Waals surface area contributed by atoms with Gasteiger partial charge in [-0.3, -0.25) is 14.9 Å². The van der Waals surface area contributed by atoms with E-state index in [4.69, 9.17) is 0 Å². The summed E-state index contributed by atoms with van der Waals surface area (Å²) in [4.78, 5) is 22.6. The van der Waals surface area contributed by atoms with Gasteiger partial charge in [-0.15, -0.1) is 0 Å². The largest absolute Gasteiger partial charge is 0.292 e. The average Bonchev–Trinajstić information content (AvgIpc) is 2.57. The standard InChI is InChI=1S/C15H23NO2/c1-15(2,3)12-6-4-10(5-7-12)8-11-9-13(17)16-14(11)18/h8,10,12H,4-7,9H2,1-3H3,(H,16,17,18)/b11-8-. The summed E-state index contributed by atoms with van der Waals surface area (Å²) in [7, 11) is 0. The third-order valence-electron chi connectivity index (χ3n) is 4.33. The van der Waals surface area contributed by atoms with Gasteiger partial charge in [0.2, 0.25) is 5.91 Å². The third-order valence-corrected chi connectivity index (χ3v) is 4.33. The Bertz CT molecular complexity index is 382. The monoisotopic (exact) mass is 249 g/mol. The average molecular weight is 249 g/mol. The fraction of sp³-hybridized carbons (Fsp3) is 0.733. The first kappa shape index (κ1) is 13.3. The van der Waals surface area contributed by atoms with Gasteiger partial charge in [0.1, 0.15) is 0 Å². The predicted molar refractivity (Wildman–Crippen MR) is 70.8 cm³/mol. The Morgan fingerprint density at radius 1 is 1.11 bits per heavy atom. The van der Waals surface area contributed by atoms with E-state index in [-0.39, 0.29) is 18.2 Å². The lowest BCUT2D eigenvalue weighted by Gasteiger charge is -2.36. The Morgan fingerprint density at radius 3 is 2.17 bits per heavy atom. The second-order valence-corrected chi connectivity index (χ2v) is 6.72. The van der Waals surface area contributed by atoms with Crippen LogP contribution in [0.15, 0.2) is 11.6 Å². The maximum Gasteiger partial charge on any atom is 0.253 e. The molecule has 3 heteroatoms. The fourth-order valence-electron chi connectivity index (χ4n) is 3.08. The number of carbonyl (C=O) groups excluding carboxylic acids is 2. The molecule has 2 amide bonds. The van der Waals surface area contributed by atoms with Crippen molar-refractivity contribution in [2.45, 2.75) is 52.9 Å². The van der Waals surface area contributed by atoms with Crippen molar-refractivity contribution in [3.8, 4) is 0 Å². The molecular weight excluding hydrogens is 226 g/mol. The first-order valence-electron chi connectivity index (χ1n) is 6.91. The second-order valence-electron chi connectivity index (χ2n) is 6.72. The highest BCUT2D eigenvalue weighted by molar-refractivity contribution is 6.13. The van der Waals surface area contributed by atoms with Gasteiger partial charge in [-0.25, -0.2) is 0 Å². The van der Waals surface area contributed by atoms with Gasteiger partial charge in [0, 0.05) is 5.57 Å². The van der Waals surface area contributed by atoms with E-state index in [1.807, 2.05) is 6.08 Å². The van der Waals surface area contributed by atoms with Gasteiger partial charge in [-0.1, -0.05) is 26.8 Å². The molecule has 0 atom stereocenters. The maximum absolute atomic E-state index is 11.5. The van der Waals surface area contributed by atoms with E-state index in [0.29, 0.717) is 16.9 Å². The number of hydrogen-bond acceptors (Lipinski definition) is 2. The quantitative estimate of drug-likeness (QED) is 0.574. The van der Waals surface area contributed by atoms with Crippen LogP contribution >= 0.6 is 0 Å². The van der Waals surface area contributed by atoms with Crippen molar-refractivity contribution in [1.29, 1.82) is 0 Å². The van der Waals surface area contributed by atoms with Gasteiger partial charge in [0.15, 0.2) is 0 Å². The van der Waals surface area contributed by atoms with Crippen LogP contribution < -0.4 is 5.32 Å². The van der Waals surface area contributed by atoms with Crippen LogP contribution in [-0.2, 0) is 9.59 Å². The van der Waals surface area contributed by atoms with E-state index in [1.165, 1.54) is 12.8 Å². The molecule has 0 radical (unpaired) electrons. The van der Waals surface area contributed by atoms with Crippen LogP contribution in [0, 0.1) is 17.3 Å². The number of rotatable bonds is 1. The molecule has 1 aliphatic heterocycles. The summed E-state index contributed by atoms with van der Waals surface area (Å²) < 4.78 is 0. The molecule has 0 aromatic rings. The number of hydrogen-bond donors (Lipinski definition) is 1. The maximum atomic E-state index is 11.5. The van der Waals surface area contributed by atoms with E-state index in [1.54, 1.807) is 0 Å². The molecule has 1 saturated carbocycles. The smallest absolute Gasteiger partial charge is 0.253 e. The Labute approximate surface area is 109 Å². The van der Waals surface area contributed by atoms with Crippen LogP contribution in [0.3, 0.4) is 0 Å². The van der Waals surface area contributed by atoms with Gasteiger partial charge in [-0.05, 0) is 42.9 Å². The molecule has 1 saturated heterocycles. The van der Waals surface area contributed by atoms with Crippen LogP contribution in [0.4, 0.5) is 0 Å². The molecule has 3 nitrogen and oxygen atoms in total. The Kier molecular flexibility index (Phi) is 3.60. The summed E-state index contributed by atoms with van der Waals surface area (Å²) in [6.07, 6.45) is 7.07. The molecule has 0 unspecified atom stereocenters. The highest BCUT2D eigenvalue weighted by Crippen LogP contribution is 2.40. The minimum absolute atomic E-state index is 0.158. The normalized spacial score (nSPS) is 31.8. The number of amides is 2. The highest BCUT2D eigenvalue weighted by atomic mass is 16.2. The van der Waals surface area contributed by atoms with Crippen molar-refractivity contribution >= 4 is 11.8 Å². The van der Waals surface area contributed by atoms with Gasteiger partial charge in [0.25, 0.3) is 5.91 Å². The fourth-order valence-corrected chi connectivity index (χ4v) is 3.08. The lowest BCUT2D eigenvalue weighted by Crippen LogP contribution is -2.25. The van der Waals surface area contributed by atoms with Crippen LogP contribution in [0.1, 0.15) is 52.9 Å². The molecule has 1 N–H and O–H groups in total. The second kappa shape index (κ2) is 4.87. The molecule has 1 aliphatic carbocycles. The number of allylic oxidation sites excluding steroid dienone is 1. The number of imide groups is 1. The van der Waals surface area contributed by atoms with Crippen molar-refractivity contribution in [3.63, 3.8) is 0 Å². The van der Waals surface area contributed by atoms with E-state index >= 15 is 0 Å². The summed E-state index contributed by atoms with van der Waals surface area (Å²) in [5.41, 5.74) is 1.07. The van der Waals surface area contributed by atoms with Crippen molar-refractivity contribution < 1.29 is 9.59 Å². The zero-order valence-electron chi connectivity index (χ0n) is 11.6. The summed E-state index contributed by atoms with van der Waals surface area (Å²) >= 11 is 0. The van der Waals surface area contributed by atoms with E-state index in [0.717, 1.165) is 18.8 Å². The molecule has 0 aromatic carbocycles. The molecule has 0 spiro atoms. The van der Waals surface area contributed by atoms with Crippen molar-refractivity contribution in [1.82, 2.24) is 5.32 Å². The summed E-state index contributed by atoms with van der Waals surface area (Å²) in [5.74, 6) is 0.925. The van der Waals surface area contributed by atoms with Gasteiger partial charge in [0.05, 0.1) is 6.42 Å². The number of nitrogens with one attached hydrogen (secondary N) is 1. The Morgan fingerprint density at radius 2 is 1.72 bits per heavy atom. The highest BCUT2D eigenvalue weighted by Gasteiger charge is 2.30. The predicted octanol–water partition coefficient (Wildman–Crippen LogP) is 2.81. The van der Waals surface area contributed by atoms with Crippen molar-refractivity contribution in [3.05, 3.63) is 11.6 Å². The molecule has 1 heterocycles. The molecule has 2 rings (SSSR count). The van der Waals surface area contributed by atoms with Crippen LogP contribution in [0.5, 0.6) is 0 Å². The summed E-state index contributed by atoms with van der Waals surface area (Å²) in [6.45, 7) is 6.92. The van der Waals surface area contributed by atoms with Crippen LogP contribution in [0.25, 0.3) is 0 Å². The third kappa shape index (κ3) is 3.01. The van der Waals surface area contributed by atoms with E-state index in [2.05, 4.69) is 26.1 Å². The molecule has 2 fully saturated rings. The first-order chi connectivity index (χ1) is 8.36. The van der Waals surface area contributed by atoms with Gasteiger partial charge >= 0.3 is 0 Å². The lowest BCUT2D eigenvalue weighted by atomic mass is 9.69. The Balaban J connectivity index is 1.93. The molecule has 2 aliphatic rings. The summed E-state index contributed by atoms with van der Waals surface area (Å²) in [5, 5.41) is 2.34. The summed E-state index contributed by atoms with van der Waals surface area (Å²) in [6, 6.07) is 0. The molecule has 0 aromatic heterocycles. The van der Waals surface area contributed by atoms with Gasteiger partial charge < -0.3 is 0 Å². The van der Waals surface area contributed by atoms with E-state index in [9.17, 15) is 9.59 Å². The topological polar surface area (TPSA) is 46.2 Å². The minimum Gasteiger partial charge on any atom is -0.292 e. The van der Waals surface area contributed by atoms with Crippen LogP contribution in [-0.4, -0.2) is 11.8 Å². The molecule has 100 valence electrons. The Hall–Kier alpha value is -1.12. The first-order valence-corrected chi connectivity index (χ1v) is 6.91. The lowest BCUT2D eigenvalue weighted by molar-refractivity contribution is -0.124. The van der Waals surface area contributed by atoms with Crippen LogP contribution in [0.2, 0.25) is 0 Å². The molecule has 18 heavy (non-hydrogen) atoms. The van der Waals surface area contributed by atoms with Crippen molar-refractivity contribution in [2.24, 2.45) is 17.3 Å². The van der Waals surface area contributed by atoms with E-state index < -0.39 is 0 Å².